The molecule has 0 spiro atoms. The first-order valence-electron chi connectivity index (χ1n) is 15.4. The predicted octanol–water partition coefficient (Wildman–Crippen LogP) is 4.60. The van der Waals surface area contributed by atoms with Gasteiger partial charge in [-0.25, -0.2) is 4.79 Å². The van der Waals surface area contributed by atoms with E-state index in [1.807, 2.05) is 26.0 Å². The molecule has 0 bridgehead atoms. The lowest BCUT2D eigenvalue weighted by atomic mass is 9.84. The Balaban J connectivity index is 1.60. The standard InChI is InChI=1S/C34H47N3O7/c1-20(2)35-31(40)27(36-32(41)28-12-9-17-37(28)33(42)44-34(6,7)8)19-24-13-15-25(16-14-24)43-18-10-11-26-23(5)29(38)21(3)22(4)30(26)39/h13-16,20,27-28H,9-12,17-19H2,1-8H3,(H,35,40)(H,36,41)/t27-,28-/m0/s1. The summed E-state index contributed by atoms with van der Waals surface area (Å²) in [7, 11) is 0. The second-order valence-electron chi connectivity index (χ2n) is 12.9. The molecule has 1 fully saturated rings. The van der Waals surface area contributed by atoms with Crippen molar-refractivity contribution < 1.29 is 33.4 Å². The molecule has 2 atom stereocenters. The Bertz CT molecular complexity index is 1340. The Labute approximate surface area is 260 Å². The van der Waals surface area contributed by atoms with Crippen LogP contribution in [-0.4, -0.2) is 71.3 Å². The molecule has 240 valence electrons. The summed E-state index contributed by atoms with van der Waals surface area (Å²) in [5.41, 5.74) is 2.22. The van der Waals surface area contributed by atoms with E-state index in [0.717, 1.165) is 5.56 Å². The maximum absolute atomic E-state index is 13.3. The van der Waals surface area contributed by atoms with Crippen molar-refractivity contribution in [2.24, 2.45) is 0 Å². The zero-order chi connectivity index (χ0) is 32.8. The van der Waals surface area contributed by atoms with Gasteiger partial charge in [0.15, 0.2) is 11.6 Å². The van der Waals surface area contributed by atoms with Crippen LogP contribution in [0.15, 0.2) is 46.6 Å². The van der Waals surface area contributed by atoms with Gasteiger partial charge in [-0.05, 0) is 98.8 Å². The zero-order valence-corrected chi connectivity index (χ0v) is 27.3. The van der Waals surface area contributed by atoms with Crippen molar-refractivity contribution in [2.75, 3.05) is 13.2 Å². The molecule has 10 nitrogen and oxygen atoms in total. The van der Waals surface area contributed by atoms with Gasteiger partial charge in [-0.2, -0.15) is 0 Å². The maximum atomic E-state index is 13.3. The summed E-state index contributed by atoms with van der Waals surface area (Å²) in [5, 5.41) is 5.75. The van der Waals surface area contributed by atoms with Crippen LogP contribution in [0.1, 0.15) is 86.6 Å². The second-order valence-corrected chi connectivity index (χ2v) is 12.9. The number of hydrogen-bond donors (Lipinski definition) is 2. The molecule has 0 unspecified atom stereocenters. The van der Waals surface area contributed by atoms with Crippen molar-refractivity contribution >= 4 is 29.5 Å². The number of ketones is 2. The lowest BCUT2D eigenvalue weighted by Gasteiger charge is -2.29. The normalized spacial score (nSPS) is 18.1. The Morgan fingerprint density at radius 3 is 2.20 bits per heavy atom. The van der Waals surface area contributed by atoms with Crippen LogP contribution in [0.25, 0.3) is 0 Å². The third kappa shape index (κ3) is 9.03. The number of carbonyl (C=O) groups excluding carboxylic acids is 5. The van der Waals surface area contributed by atoms with E-state index in [1.54, 1.807) is 53.7 Å². The van der Waals surface area contributed by atoms with Gasteiger partial charge in [0.2, 0.25) is 11.8 Å². The third-order valence-electron chi connectivity index (χ3n) is 7.76. The molecule has 0 aromatic heterocycles. The van der Waals surface area contributed by atoms with Crippen LogP contribution in [0.2, 0.25) is 0 Å². The fraction of sp³-hybridized carbons (Fsp3) is 0.559. The number of benzene rings is 1. The minimum atomic E-state index is -0.842. The molecule has 1 aliphatic heterocycles. The SMILES string of the molecule is CC1=C(C)C(=O)C(CCCOc2ccc(C[C@H](NC(=O)[C@@H]3CCCN3C(=O)OC(C)(C)C)C(=O)NC(C)C)cc2)=C(C)C1=O. The number of likely N-dealkylation sites (tertiary alicyclic amines) is 1. The van der Waals surface area contributed by atoms with Gasteiger partial charge in [0.25, 0.3) is 0 Å². The number of rotatable bonds is 11. The third-order valence-corrected chi connectivity index (χ3v) is 7.76. The van der Waals surface area contributed by atoms with Crippen molar-refractivity contribution in [3.8, 4) is 5.75 Å². The molecular formula is C34H47N3O7. The first kappa shape index (κ1) is 34.5. The lowest BCUT2D eigenvalue weighted by molar-refractivity contribution is -0.131. The summed E-state index contributed by atoms with van der Waals surface area (Å²) in [4.78, 5) is 65.6. The summed E-state index contributed by atoms with van der Waals surface area (Å²) in [6, 6.07) is 5.61. The smallest absolute Gasteiger partial charge is 0.410 e. The van der Waals surface area contributed by atoms with Gasteiger partial charge in [-0.1, -0.05) is 12.1 Å². The van der Waals surface area contributed by atoms with E-state index in [2.05, 4.69) is 10.6 Å². The number of nitrogens with zero attached hydrogens (tertiary/aromatic N) is 1. The molecule has 1 heterocycles. The van der Waals surface area contributed by atoms with Crippen LogP contribution in [0.4, 0.5) is 4.79 Å². The van der Waals surface area contributed by atoms with Crippen molar-refractivity contribution in [1.29, 1.82) is 0 Å². The summed E-state index contributed by atoms with van der Waals surface area (Å²) >= 11 is 0. The fourth-order valence-corrected chi connectivity index (χ4v) is 5.29. The minimum absolute atomic E-state index is 0.0717. The summed E-state index contributed by atoms with van der Waals surface area (Å²) in [5.74, 6) is -0.215. The number of allylic oxidation sites excluding steroid dienone is 4. The number of carbonyl (C=O) groups is 5. The Morgan fingerprint density at radius 1 is 0.955 bits per heavy atom. The molecule has 2 aliphatic rings. The fourth-order valence-electron chi connectivity index (χ4n) is 5.29. The second kappa shape index (κ2) is 14.7. The Kier molecular flexibility index (Phi) is 11.5. The van der Waals surface area contributed by atoms with Crippen LogP contribution in [0, 0.1) is 0 Å². The molecule has 1 aliphatic carbocycles. The van der Waals surface area contributed by atoms with Gasteiger partial charge in [0.05, 0.1) is 6.61 Å². The number of amides is 3. The van der Waals surface area contributed by atoms with Crippen LogP contribution in [0.5, 0.6) is 5.75 Å². The molecule has 10 heteroatoms. The maximum Gasteiger partial charge on any atom is 0.410 e. The van der Waals surface area contributed by atoms with Crippen LogP contribution < -0.4 is 15.4 Å². The van der Waals surface area contributed by atoms with Gasteiger partial charge in [0.1, 0.15) is 23.4 Å². The van der Waals surface area contributed by atoms with Crippen molar-refractivity contribution in [2.45, 2.75) is 111 Å². The van der Waals surface area contributed by atoms with Crippen LogP contribution >= 0.6 is 0 Å². The summed E-state index contributed by atoms with van der Waals surface area (Å²) < 4.78 is 11.4. The molecule has 2 N–H and O–H groups in total. The topological polar surface area (TPSA) is 131 Å². The highest BCUT2D eigenvalue weighted by Crippen LogP contribution is 2.27. The summed E-state index contributed by atoms with van der Waals surface area (Å²) in [6.07, 6.45) is 1.90. The molecular weight excluding hydrogens is 562 g/mol. The van der Waals surface area contributed by atoms with E-state index in [4.69, 9.17) is 9.47 Å². The number of ether oxygens (including phenoxy) is 2. The molecule has 44 heavy (non-hydrogen) atoms. The number of Topliss-reactive ketones (excluding diaryl/α,β-unsaturated/α-hetero) is 2. The highest BCUT2D eigenvalue weighted by atomic mass is 16.6. The molecule has 0 saturated carbocycles. The average Bonchev–Trinajstić information content (AvgIpc) is 3.44. The van der Waals surface area contributed by atoms with Gasteiger partial charge in [-0.3, -0.25) is 24.1 Å². The van der Waals surface area contributed by atoms with Crippen molar-refractivity contribution in [3.63, 3.8) is 0 Å². The predicted molar refractivity (Wildman–Crippen MR) is 167 cm³/mol. The molecule has 3 rings (SSSR count). The average molecular weight is 610 g/mol. The van der Waals surface area contributed by atoms with E-state index in [1.165, 1.54) is 4.90 Å². The van der Waals surface area contributed by atoms with Crippen LogP contribution in [-0.2, 0) is 30.3 Å². The minimum Gasteiger partial charge on any atom is -0.494 e. The Hall–Kier alpha value is -3.95. The lowest BCUT2D eigenvalue weighted by Crippen LogP contribution is -2.55. The number of hydrogen-bond acceptors (Lipinski definition) is 7. The summed E-state index contributed by atoms with van der Waals surface area (Å²) in [6.45, 7) is 14.9. The number of nitrogens with one attached hydrogen (secondary N) is 2. The highest BCUT2D eigenvalue weighted by Gasteiger charge is 2.38. The zero-order valence-electron chi connectivity index (χ0n) is 27.3. The first-order chi connectivity index (χ1) is 20.6. The van der Waals surface area contributed by atoms with Gasteiger partial charge in [-0.15, -0.1) is 0 Å². The van der Waals surface area contributed by atoms with Crippen LogP contribution in [0.3, 0.4) is 0 Å². The molecule has 1 saturated heterocycles. The quantitative estimate of drug-likeness (QED) is 0.277. The van der Waals surface area contributed by atoms with Gasteiger partial charge in [0, 0.05) is 41.3 Å². The first-order valence-corrected chi connectivity index (χ1v) is 15.4. The Morgan fingerprint density at radius 2 is 1.59 bits per heavy atom. The van der Waals surface area contributed by atoms with E-state index in [-0.39, 0.29) is 35.8 Å². The van der Waals surface area contributed by atoms with Crippen molar-refractivity contribution in [3.05, 3.63) is 52.1 Å². The molecule has 1 aromatic carbocycles. The van der Waals surface area contributed by atoms with Gasteiger partial charge < -0.3 is 20.1 Å². The van der Waals surface area contributed by atoms with E-state index in [0.29, 0.717) is 66.9 Å². The van der Waals surface area contributed by atoms with E-state index < -0.39 is 23.8 Å². The van der Waals surface area contributed by atoms with E-state index in [9.17, 15) is 24.0 Å². The van der Waals surface area contributed by atoms with Gasteiger partial charge >= 0.3 is 6.09 Å². The van der Waals surface area contributed by atoms with Crippen molar-refractivity contribution in [1.82, 2.24) is 15.5 Å². The molecule has 3 amide bonds. The molecule has 0 radical (unpaired) electrons. The molecule has 1 aromatic rings. The highest BCUT2D eigenvalue weighted by molar-refractivity contribution is 6.24. The monoisotopic (exact) mass is 609 g/mol. The van der Waals surface area contributed by atoms with E-state index >= 15 is 0 Å². The largest absolute Gasteiger partial charge is 0.494 e.